The zero-order chi connectivity index (χ0) is 15.7. The molecule has 2 heterocycles. The molecule has 1 aliphatic heterocycles. The van der Waals surface area contributed by atoms with Gasteiger partial charge in [0.05, 0.1) is 18.6 Å². The van der Waals surface area contributed by atoms with Gasteiger partial charge in [-0.3, -0.25) is 14.5 Å². The SMILES string of the molecule is CC(C)Cn1cncc1CN1C(=O)CC2(CCCC2)CC1=O. The second kappa shape index (κ2) is 5.86. The molecule has 0 aromatic carbocycles. The van der Waals surface area contributed by atoms with Crippen molar-refractivity contribution in [1.82, 2.24) is 14.5 Å². The third kappa shape index (κ3) is 2.94. The first-order chi connectivity index (χ1) is 10.5. The fourth-order valence-electron chi connectivity index (χ4n) is 3.89. The second-order valence-electron chi connectivity index (χ2n) is 7.37. The largest absolute Gasteiger partial charge is 0.333 e. The molecule has 1 saturated carbocycles. The van der Waals surface area contributed by atoms with Crippen LogP contribution in [0.1, 0.15) is 58.1 Å². The van der Waals surface area contributed by atoms with Gasteiger partial charge in [-0.2, -0.15) is 0 Å². The second-order valence-corrected chi connectivity index (χ2v) is 7.37. The number of rotatable bonds is 4. The number of hydrogen-bond acceptors (Lipinski definition) is 3. The smallest absolute Gasteiger partial charge is 0.230 e. The van der Waals surface area contributed by atoms with Crippen molar-refractivity contribution >= 4 is 11.8 Å². The summed E-state index contributed by atoms with van der Waals surface area (Å²) >= 11 is 0. The molecule has 1 aromatic heterocycles. The molecule has 2 amide bonds. The minimum atomic E-state index is -0.0250. The third-order valence-corrected chi connectivity index (χ3v) is 5.00. The third-order valence-electron chi connectivity index (χ3n) is 5.00. The van der Waals surface area contributed by atoms with Crippen LogP contribution in [0.5, 0.6) is 0 Å². The molecule has 1 aliphatic carbocycles. The van der Waals surface area contributed by atoms with Crippen LogP contribution in [0.15, 0.2) is 12.5 Å². The number of hydrogen-bond donors (Lipinski definition) is 0. The Balaban J connectivity index is 1.72. The Bertz CT molecular complexity index is 550. The molecule has 0 atom stereocenters. The quantitative estimate of drug-likeness (QED) is 0.804. The lowest BCUT2D eigenvalue weighted by atomic mass is 9.76. The van der Waals surface area contributed by atoms with Gasteiger partial charge in [-0.1, -0.05) is 26.7 Å². The number of carbonyl (C=O) groups is 2. The zero-order valence-electron chi connectivity index (χ0n) is 13.5. The van der Waals surface area contributed by atoms with Crippen LogP contribution in [0.2, 0.25) is 0 Å². The fourth-order valence-corrected chi connectivity index (χ4v) is 3.89. The van der Waals surface area contributed by atoms with Crippen molar-refractivity contribution in [2.75, 3.05) is 0 Å². The fraction of sp³-hybridized carbons (Fsp3) is 0.706. The van der Waals surface area contributed by atoms with E-state index in [-0.39, 0.29) is 17.2 Å². The van der Waals surface area contributed by atoms with Gasteiger partial charge >= 0.3 is 0 Å². The summed E-state index contributed by atoms with van der Waals surface area (Å²) in [6, 6.07) is 0. The highest BCUT2D eigenvalue weighted by Crippen LogP contribution is 2.47. The van der Waals surface area contributed by atoms with Crippen molar-refractivity contribution in [2.45, 2.75) is 65.5 Å². The number of carbonyl (C=O) groups excluding carboxylic acids is 2. The van der Waals surface area contributed by atoms with Crippen LogP contribution in [0, 0.1) is 11.3 Å². The average Bonchev–Trinajstić information content (AvgIpc) is 3.04. The topological polar surface area (TPSA) is 55.2 Å². The summed E-state index contributed by atoms with van der Waals surface area (Å²) in [5.74, 6) is 0.494. The number of likely N-dealkylation sites (tertiary alicyclic amines) is 1. The van der Waals surface area contributed by atoms with E-state index in [1.165, 1.54) is 4.90 Å². The van der Waals surface area contributed by atoms with Crippen LogP contribution >= 0.6 is 0 Å². The maximum absolute atomic E-state index is 12.5. The Morgan fingerprint density at radius 1 is 1.18 bits per heavy atom. The van der Waals surface area contributed by atoms with Crippen molar-refractivity contribution in [1.29, 1.82) is 0 Å². The minimum Gasteiger partial charge on any atom is -0.333 e. The van der Waals surface area contributed by atoms with E-state index in [0.717, 1.165) is 37.9 Å². The first kappa shape index (κ1) is 15.3. The normalized spacial score (nSPS) is 21.3. The highest BCUT2D eigenvalue weighted by Gasteiger charge is 2.45. The van der Waals surface area contributed by atoms with Crippen molar-refractivity contribution < 1.29 is 9.59 Å². The van der Waals surface area contributed by atoms with Gasteiger partial charge in [-0.15, -0.1) is 0 Å². The van der Waals surface area contributed by atoms with Gasteiger partial charge in [-0.25, -0.2) is 4.98 Å². The standard InChI is InChI=1S/C17H25N3O2/c1-13(2)10-19-12-18-9-14(19)11-20-15(21)7-17(8-16(20)22)5-3-4-6-17/h9,12-13H,3-8,10-11H2,1-2H3. The van der Waals surface area contributed by atoms with Crippen LogP contribution in [0.25, 0.3) is 0 Å². The molecule has 1 aromatic rings. The lowest BCUT2D eigenvalue weighted by molar-refractivity contribution is -0.154. The molecule has 0 N–H and O–H groups in total. The summed E-state index contributed by atoms with van der Waals surface area (Å²) in [7, 11) is 0. The maximum Gasteiger partial charge on any atom is 0.230 e. The average molecular weight is 303 g/mol. The first-order valence-corrected chi connectivity index (χ1v) is 8.31. The Labute approximate surface area is 131 Å². The van der Waals surface area contributed by atoms with E-state index in [1.54, 1.807) is 12.5 Å². The van der Waals surface area contributed by atoms with E-state index in [2.05, 4.69) is 18.8 Å². The summed E-state index contributed by atoms with van der Waals surface area (Å²) in [6.45, 7) is 5.51. The lowest BCUT2D eigenvalue weighted by Crippen LogP contribution is -2.46. The summed E-state index contributed by atoms with van der Waals surface area (Å²) in [6.07, 6.45) is 9.00. The number of imide groups is 1. The molecule has 1 spiro atoms. The van der Waals surface area contributed by atoms with Crippen LogP contribution in [0.4, 0.5) is 0 Å². The Hall–Kier alpha value is -1.65. The molecule has 22 heavy (non-hydrogen) atoms. The van der Waals surface area contributed by atoms with Crippen LogP contribution < -0.4 is 0 Å². The Morgan fingerprint density at radius 2 is 1.82 bits per heavy atom. The van der Waals surface area contributed by atoms with Crippen LogP contribution in [-0.4, -0.2) is 26.3 Å². The summed E-state index contributed by atoms with van der Waals surface area (Å²) in [5, 5.41) is 0. The number of piperidine rings is 1. The molecule has 120 valence electrons. The zero-order valence-corrected chi connectivity index (χ0v) is 13.5. The molecule has 0 bridgehead atoms. The van der Waals surface area contributed by atoms with E-state index in [4.69, 9.17) is 0 Å². The molecule has 1 saturated heterocycles. The van der Waals surface area contributed by atoms with Gasteiger partial charge in [0.2, 0.25) is 11.8 Å². The predicted octanol–water partition coefficient (Wildman–Crippen LogP) is 2.75. The van der Waals surface area contributed by atoms with Crippen molar-refractivity contribution in [3.05, 3.63) is 18.2 Å². The summed E-state index contributed by atoms with van der Waals surface area (Å²) in [4.78, 5) is 30.6. The summed E-state index contributed by atoms with van der Waals surface area (Å²) < 4.78 is 2.05. The van der Waals surface area contributed by atoms with E-state index in [0.29, 0.717) is 25.3 Å². The summed E-state index contributed by atoms with van der Waals surface area (Å²) in [5.41, 5.74) is 0.917. The van der Waals surface area contributed by atoms with Gasteiger partial charge in [-0.05, 0) is 24.2 Å². The maximum atomic E-state index is 12.5. The number of aromatic nitrogens is 2. The van der Waals surface area contributed by atoms with Gasteiger partial charge in [0, 0.05) is 25.6 Å². The number of amides is 2. The van der Waals surface area contributed by atoms with Crippen LogP contribution in [0.3, 0.4) is 0 Å². The highest BCUT2D eigenvalue weighted by atomic mass is 16.2. The highest BCUT2D eigenvalue weighted by molar-refractivity contribution is 5.98. The van der Waals surface area contributed by atoms with Gasteiger partial charge < -0.3 is 4.57 Å². The number of imidazole rings is 1. The molecule has 5 heteroatoms. The van der Waals surface area contributed by atoms with Crippen molar-refractivity contribution in [2.24, 2.45) is 11.3 Å². The van der Waals surface area contributed by atoms with E-state index in [1.807, 2.05) is 4.57 Å². The van der Waals surface area contributed by atoms with Crippen LogP contribution in [-0.2, 0) is 22.7 Å². The Kier molecular flexibility index (Phi) is 4.06. The Morgan fingerprint density at radius 3 is 2.41 bits per heavy atom. The molecule has 0 unspecified atom stereocenters. The molecular weight excluding hydrogens is 278 g/mol. The molecule has 2 aliphatic rings. The molecule has 5 nitrogen and oxygen atoms in total. The van der Waals surface area contributed by atoms with Crippen molar-refractivity contribution in [3.63, 3.8) is 0 Å². The van der Waals surface area contributed by atoms with Gasteiger partial charge in [0.1, 0.15) is 0 Å². The number of nitrogens with zero attached hydrogens (tertiary/aromatic N) is 3. The molecule has 2 fully saturated rings. The minimum absolute atomic E-state index is 0.00422. The monoisotopic (exact) mass is 303 g/mol. The lowest BCUT2D eigenvalue weighted by Gasteiger charge is -2.37. The predicted molar refractivity (Wildman–Crippen MR) is 82.8 cm³/mol. The molecule has 0 radical (unpaired) electrons. The van der Waals surface area contributed by atoms with E-state index < -0.39 is 0 Å². The van der Waals surface area contributed by atoms with Crippen molar-refractivity contribution in [3.8, 4) is 0 Å². The van der Waals surface area contributed by atoms with E-state index >= 15 is 0 Å². The van der Waals surface area contributed by atoms with Gasteiger partial charge in [0.15, 0.2) is 0 Å². The first-order valence-electron chi connectivity index (χ1n) is 8.31. The van der Waals surface area contributed by atoms with E-state index in [9.17, 15) is 9.59 Å². The van der Waals surface area contributed by atoms with Gasteiger partial charge in [0.25, 0.3) is 0 Å². The molecular formula is C17H25N3O2. The molecule has 3 rings (SSSR count).